The molecule has 24 heavy (non-hydrogen) atoms. The minimum Gasteiger partial charge on any atom is -0.336 e. The second-order valence-electron chi connectivity index (χ2n) is 6.32. The Bertz CT molecular complexity index is 859. The van der Waals surface area contributed by atoms with E-state index in [1.165, 1.54) is 0 Å². The molecule has 1 atom stereocenters. The number of benzene rings is 2. The van der Waals surface area contributed by atoms with Crippen LogP contribution in [0.4, 0.5) is 0 Å². The molecule has 0 radical (unpaired) electrons. The van der Waals surface area contributed by atoms with Gasteiger partial charge < -0.3 is 4.90 Å². The largest absolute Gasteiger partial charge is 0.336 e. The molecule has 0 N–H and O–H groups in total. The fourth-order valence-corrected chi connectivity index (χ4v) is 4.74. The average Bonchev–Trinajstić information content (AvgIpc) is 2.57. The van der Waals surface area contributed by atoms with E-state index in [0.29, 0.717) is 5.56 Å². The standard InChI is InChI=1S/C19H21NO3S/c1-14-8-9-17(12-15(14)2)19(21)20-10-11-24(22,23)18(13-20)16-6-4-3-5-7-16/h3-9,12,18H,10-11,13H2,1-2H3. The van der Waals surface area contributed by atoms with Gasteiger partial charge in [-0.15, -0.1) is 0 Å². The Balaban J connectivity index is 1.87. The van der Waals surface area contributed by atoms with E-state index in [0.717, 1.165) is 16.7 Å². The molecule has 1 aliphatic rings. The van der Waals surface area contributed by atoms with E-state index in [-0.39, 0.29) is 24.7 Å². The van der Waals surface area contributed by atoms with Crippen LogP contribution < -0.4 is 0 Å². The molecule has 2 aromatic rings. The Morgan fingerprint density at radius 2 is 1.75 bits per heavy atom. The topological polar surface area (TPSA) is 54.5 Å². The highest BCUT2D eigenvalue weighted by Gasteiger charge is 2.36. The molecule has 3 rings (SSSR count). The van der Waals surface area contributed by atoms with E-state index in [2.05, 4.69) is 0 Å². The summed E-state index contributed by atoms with van der Waals surface area (Å²) in [7, 11) is -3.23. The Labute approximate surface area is 143 Å². The van der Waals surface area contributed by atoms with Gasteiger partial charge in [0.25, 0.3) is 5.91 Å². The third-order valence-electron chi connectivity index (χ3n) is 4.68. The molecule has 1 amide bonds. The molecule has 0 bridgehead atoms. The Morgan fingerprint density at radius 1 is 1.04 bits per heavy atom. The maximum Gasteiger partial charge on any atom is 0.253 e. The quantitative estimate of drug-likeness (QED) is 0.842. The highest BCUT2D eigenvalue weighted by molar-refractivity contribution is 7.91. The van der Waals surface area contributed by atoms with Crippen LogP contribution in [0.1, 0.15) is 32.3 Å². The van der Waals surface area contributed by atoms with Crippen molar-refractivity contribution in [1.29, 1.82) is 0 Å². The van der Waals surface area contributed by atoms with Gasteiger partial charge in [0.05, 0.1) is 5.75 Å². The number of sulfone groups is 1. The molecule has 1 unspecified atom stereocenters. The van der Waals surface area contributed by atoms with Gasteiger partial charge in [0.1, 0.15) is 5.25 Å². The summed E-state index contributed by atoms with van der Waals surface area (Å²) in [4.78, 5) is 14.4. The van der Waals surface area contributed by atoms with E-state index in [1.54, 1.807) is 4.90 Å². The smallest absolute Gasteiger partial charge is 0.253 e. The summed E-state index contributed by atoms with van der Waals surface area (Å²) in [6, 6.07) is 14.8. The lowest BCUT2D eigenvalue weighted by Gasteiger charge is -2.33. The lowest BCUT2D eigenvalue weighted by molar-refractivity contribution is 0.0758. The molecule has 1 heterocycles. The lowest BCUT2D eigenvalue weighted by Crippen LogP contribution is -2.45. The first-order chi connectivity index (χ1) is 11.4. The van der Waals surface area contributed by atoms with Crippen molar-refractivity contribution in [3.05, 3.63) is 70.8 Å². The number of carbonyl (C=O) groups is 1. The molecular weight excluding hydrogens is 322 g/mol. The van der Waals surface area contributed by atoms with Gasteiger partial charge in [-0.05, 0) is 42.7 Å². The molecule has 0 aromatic heterocycles. The third-order valence-corrected chi connectivity index (χ3v) is 6.72. The van der Waals surface area contributed by atoms with Crippen LogP contribution in [0.25, 0.3) is 0 Å². The van der Waals surface area contributed by atoms with Crippen molar-refractivity contribution >= 4 is 15.7 Å². The maximum atomic E-state index is 12.8. The van der Waals surface area contributed by atoms with Crippen LogP contribution in [-0.2, 0) is 9.84 Å². The van der Waals surface area contributed by atoms with Crippen molar-refractivity contribution in [3.8, 4) is 0 Å². The van der Waals surface area contributed by atoms with E-state index in [1.807, 2.05) is 62.4 Å². The van der Waals surface area contributed by atoms with Crippen LogP contribution in [0.2, 0.25) is 0 Å². The van der Waals surface area contributed by atoms with Gasteiger partial charge in [-0.1, -0.05) is 36.4 Å². The molecule has 2 aromatic carbocycles. The second kappa shape index (κ2) is 6.40. The van der Waals surface area contributed by atoms with Crippen LogP contribution in [0, 0.1) is 13.8 Å². The summed E-state index contributed by atoms with van der Waals surface area (Å²) in [6.45, 7) is 4.43. The van der Waals surface area contributed by atoms with Gasteiger partial charge >= 0.3 is 0 Å². The zero-order chi connectivity index (χ0) is 17.3. The van der Waals surface area contributed by atoms with Crippen molar-refractivity contribution in [3.63, 3.8) is 0 Å². The number of aryl methyl sites for hydroxylation is 2. The number of hydrogen-bond donors (Lipinski definition) is 0. The summed E-state index contributed by atoms with van der Waals surface area (Å²) in [6.07, 6.45) is 0. The van der Waals surface area contributed by atoms with E-state index in [9.17, 15) is 13.2 Å². The van der Waals surface area contributed by atoms with Gasteiger partial charge in [0.2, 0.25) is 0 Å². The van der Waals surface area contributed by atoms with Crippen molar-refractivity contribution in [1.82, 2.24) is 4.90 Å². The number of nitrogens with zero attached hydrogens (tertiary/aromatic N) is 1. The van der Waals surface area contributed by atoms with Crippen LogP contribution in [0.15, 0.2) is 48.5 Å². The van der Waals surface area contributed by atoms with Crippen molar-refractivity contribution < 1.29 is 13.2 Å². The summed E-state index contributed by atoms with van der Waals surface area (Å²) < 4.78 is 24.9. The van der Waals surface area contributed by atoms with Gasteiger partial charge in [-0.3, -0.25) is 4.79 Å². The SMILES string of the molecule is Cc1ccc(C(=O)N2CCS(=O)(=O)C(c3ccccc3)C2)cc1C. The molecule has 126 valence electrons. The zero-order valence-corrected chi connectivity index (χ0v) is 14.7. The summed E-state index contributed by atoms with van der Waals surface area (Å²) in [5, 5.41) is -0.650. The fourth-order valence-electron chi connectivity index (χ4n) is 3.01. The molecule has 0 aliphatic carbocycles. The molecule has 5 heteroatoms. The molecule has 0 saturated carbocycles. The van der Waals surface area contributed by atoms with Crippen LogP contribution in [-0.4, -0.2) is 38.1 Å². The zero-order valence-electron chi connectivity index (χ0n) is 13.9. The fraction of sp³-hybridized carbons (Fsp3) is 0.316. The lowest BCUT2D eigenvalue weighted by atomic mass is 10.0. The van der Waals surface area contributed by atoms with Crippen LogP contribution >= 0.6 is 0 Å². The molecule has 1 saturated heterocycles. The average molecular weight is 343 g/mol. The highest BCUT2D eigenvalue weighted by atomic mass is 32.2. The molecule has 1 fully saturated rings. The van der Waals surface area contributed by atoms with Crippen LogP contribution in [0.3, 0.4) is 0 Å². The van der Waals surface area contributed by atoms with E-state index in [4.69, 9.17) is 0 Å². The van der Waals surface area contributed by atoms with Gasteiger partial charge in [-0.25, -0.2) is 8.42 Å². The Kier molecular flexibility index (Phi) is 4.45. The Hall–Kier alpha value is -2.14. The van der Waals surface area contributed by atoms with Crippen LogP contribution in [0.5, 0.6) is 0 Å². The van der Waals surface area contributed by atoms with Crippen molar-refractivity contribution in [2.45, 2.75) is 19.1 Å². The minimum atomic E-state index is -3.23. The van der Waals surface area contributed by atoms with E-state index >= 15 is 0 Å². The van der Waals surface area contributed by atoms with Crippen molar-refractivity contribution in [2.24, 2.45) is 0 Å². The Morgan fingerprint density at radius 3 is 2.42 bits per heavy atom. The number of rotatable bonds is 2. The molecule has 4 nitrogen and oxygen atoms in total. The first kappa shape index (κ1) is 16.7. The molecule has 0 spiro atoms. The first-order valence-corrected chi connectivity index (χ1v) is 9.73. The number of hydrogen-bond acceptors (Lipinski definition) is 3. The summed E-state index contributed by atoms with van der Waals surface area (Å²) >= 11 is 0. The number of carbonyl (C=O) groups excluding carboxylic acids is 1. The third kappa shape index (κ3) is 3.22. The molecule has 1 aliphatic heterocycles. The first-order valence-electron chi connectivity index (χ1n) is 8.01. The minimum absolute atomic E-state index is 0.00312. The maximum absolute atomic E-state index is 12.8. The molecular formula is C19H21NO3S. The second-order valence-corrected chi connectivity index (χ2v) is 8.62. The van der Waals surface area contributed by atoms with Gasteiger partial charge in [0.15, 0.2) is 9.84 Å². The van der Waals surface area contributed by atoms with Gasteiger partial charge in [0, 0.05) is 18.7 Å². The highest BCUT2D eigenvalue weighted by Crippen LogP contribution is 2.28. The number of amides is 1. The normalized spacial score (nSPS) is 19.9. The predicted molar refractivity (Wildman–Crippen MR) is 94.8 cm³/mol. The van der Waals surface area contributed by atoms with Gasteiger partial charge in [-0.2, -0.15) is 0 Å². The summed E-state index contributed by atoms with van der Waals surface area (Å²) in [5.41, 5.74) is 3.55. The summed E-state index contributed by atoms with van der Waals surface area (Å²) in [5.74, 6) is -0.0997. The predicted octanol–water partition coefficient (Wildman–Crippen LogP) is 2.92. The monoisotopic (exact) mass is 343 g/mol. The van der Waals surface area contributed by atoms with E-state index < -0.39 is 15.1 Å². The van der Waals surface area contributed by atoms with Crippen molar-refractivity contribution in [2.75, 3.05) is 18.8 Å².